The number of hydrogen-bond acceptors (Lipinski definition) is 3. The largest absolute Gasteiger partial charge is 0.494 e. The summed E-state index contributed by atoms with van der Waals surface area (Å²) in [4.78, 5) is 7.85. The summed E-state index contributed by atoms with van der Waals surface area (Å²) in [5.74, 6) is 2.30. The normalized spacial score (nSPS) is 13.1. The van der Waals surface area contributed by atoms with Gasteiger partial charge in [0.15, 0.2) is 0 Å². The molecule has 104 valence electrons. The van der Waals surface area contributed by atoms with E-state index < -0.39 is 0 Å². The highest BCUT2D eigenvalue weighted by Gasteiger charge is 2.13. The number of hydrogen-bond donors (Lipinski definition) is 2. The van der Waals surface area contributed by atoms with Crippen molar-refractivity contribution in [1.82, 2.24) is 9.97 Å². The Balaban J connectivity index is 2.20. The van der Waals surface area contributed by atoms with Gasteiger partial charge in [0.2, 0.25) is 0 Å². The zero-order chi connectivity index (χ0) is 13.8. The summed E-state index contributed by atoms with van der Waals surface area (Å²) in [5, 5.41) is 0. The third-order valence-corrected chi connectivity index (χ3v) is 3.02. The Morgan fingerprint density at radius 2 is 2.16 bits per heavy atom. The second kappa shape index (κ2) is 6.06. The van der Waals surface area contributed by atoms with E-state index in [0.29, 0.717) is 5.92 Å². The molecular formula is C15H23N3O. The quantitative estimate of drug-likeness (QED) is 0.837. The molecule has 0 amide bonds. The number of nitrogens with one attached hydrogen (secondary N) is 1. The molecule has 2 aromatic rings. The Morgan fingerprint density at radius 3 is 2.84 bits per heavy atom. The Labute approximate surface area is 114 Å². The number of rotatable bonds is 6. The van der Waals surface area contributed by atoms with Gasteiger partial charge in [-0.05, 0) is 30.9 Å². The van der Waals surface area contributed by atoms with E-state index in [1.54, 1.807) is 0 Å². The van der Waals surface area contributed by atoms with Crippen molar-refractivity contribution < 1.29 is 4.74 Å². The molecule has 1 heterocycles. The molecule has 0 radical (unpaired) electrons. The van der Waals surface area contributed by atoms with Crippen LogP contribution in [0.15, 0.2) is 18.2 Å². The van der Waals surface area contributed by atoms with Gasteiger partial charge in [-0.15, -0.1) is 0 Å². The molecule has 0 bridgehead atoms. The first-order valence-corrected chi connectivity index (χ1v) is 6.98. The topological polar surface area (TPSA) is 63.9 Å². The van der Waals surface area contributed by atoms with E-state index in [1.165, 1.54) is 0 Å². The standard InChI is InChI=1S/C15H23N3O/c1-4-7-19-11-5-6-13-14(9-11)18-15(17-13)12(16)8-10(2)3/h5-6,9-10,12H,4,7-8,16H2,1-3H3,(H,17,18). The molecule has 4 nitrogen and oxygen atoms in total. The second-order valence-electron chi connectivity index (χ2n) is 5.39. The minimum Gasteiger partial charge on any atom is -0.494 e. The fourth-order valence-corrected chi connectivity index (χ4v) is 2.11. The molecule has 19 heavy (non-hydrogen) atoms. The summed E-state index contributed by atoms with van der Waals surface area (Å²) in [6, 6.07) is 5.88. The maximum atomic E-state index is 6.15. The number of aromatic amines is 1. The molecule has 1 aromatic heterocycles. The summed E-state index contributed by atoms with van der Waals surface area (Å²) in [6.45, 7) is 7.16. The zero-order valence-corrected chi connectivity index (χ0v) is 11.9. The van der Waals surface area contributed by atoms with Crippen LogP contribution in [0.4, 0.5) is 0 Å². The maximum absolute atomic E-state index is 6.15. The van der Waals surface area contributed by atoms with Crippen molar-refractivity contribution in [2.24, 2.45) is 11.7 Å². The molecule has 1 atom stereocenters. The van der Waals surface area contributed by atoms with Crippen LogP contribution >= 0.6 is 0 Å². The number of nitrogens with zero attached hydrogens (tertiary/aromatic N) is 1. The van der Waals surface area contributed by atoms with Crippen molar-refractivity contribution >= 4 is 11.0 Å². The molecule has 3 N–H and O–H groups in total. The van der Waals surface area contributed by atoms with Crippen LogP contribution in [0.2, 0.25) is 0 Å². The molecule has 0 fully saturated rings. The fourth-order valence-electron chi connectivity index (χ4n) is 2.11. The third kappa shape index (κ3) is 3.47. The summed E-state index contributed by atoms with van der Waals surface area (Å²) in [7, 11) is 0. The lowest BCUT2D eigenvalue weighted by Gasteiger charge is -2.10. The summed E-state index contributed by atoms with van der Waals surface area (Å²) >= 11 is 0. The van der Waals surface area contributed by atoms with E-state index in [1.807, 2.05) is 18.2 Å². The van der Waals surface area contributed by atoms with Gasteiger partial charge in [0, 0.05) is 6.07 Å². The monoisotopic (exact) mass is 261 g/mol. The van der Waals surface area contributed by atoms with Gasteiger partial charge in [-0.1, -0.05) is 20.8 Å². The van der Waals surface area contributed by atoms with Crippen LogP contribution in [0.1, 0.15) is 45.5 Å². The lowest BCUT2D eigenvalue weighted by Crippen LogP contribution is -2.14. The average molecular weight is 261 g/mol. The van der Waals surface area contributed by atoms with E-state index in [4.69, 9.17) is 10.5 Å². The Morgan fingerprint density at radius 1 is 1.37 bits per heavy atom. The molecule has 0 aliphatic carbocycles. The van der Waals surface area contributed by atoms with Gasteiger partial charge in [0.25, 0.3) is 0 Å². The Bertz CT molecular complexity index is 533. The molecule has 0 saturated carbocycles. The van der Waals surface area contributed by atoms with Crippen molar-refractivity contribution in [1.29, 1.82) is 0 Å². The number of H-pyrrole nitrogens is 1. The average Bonchev–Trinajstić information content (AvgIpc) is 2.78. The lowest BCUT2D eigenvalue weighted by molar-refractivity contribution is 0.318. The SMILES string of the molecule is CCCOc1ccc2nc(C(N)CC(C)C)[nH]c2c1. The van der Waals surface area contributed by atoms with Gasteiger partial charge < -0.3 is 15.5 Å². The van der Waals surface area contributed by atoms with Crippen molar-refractivity contribution in [3.05, 3.63) is 24.0 Å². The number of benzene rings is 1. The van der Waals surface area contributed by atoms with E-state index in [0.717, 1.165) is 42.1 Å². The van der Waals surface area contributed by atoms with Crippen LogP contribution in [0.25, 0.3) is 11.0 Å². The van der Waals surface area contributed by atoms with Crippen molar-refractivity contribution in [3.8, 4) is 5.75 Å². The van der Waals surface area contributed by atoms with Gasteiger partial charge in [-0.25, -0.2) is 4.98 Å². The van der Waals surface area contributed by atoms with Gasteiger partial charge in [-0.2, -0.15) is 0 Å². The predicted octanol–water partition coefficient (Wildman–Crippen LogP) is 3.40. The molecule has 0 spiro atoms. The molecule has 1 aromatic carbocycles. The van der Waals surface area contributed by atoms with Crippen LogP contribution in [-0.4, -0.2) is 16.6 Å². The van der Waals surface area contributed by atoms with Crippen LogP contribution in [-0.2, 0) is 0 Å². The number of imidazole rings is 1. The van der Waals surface area contributed by atoms with Gasteiger partial charge in [0.1, 0.15) is 11.6 Å². The van der Waals surface area contributed by atoms with Gasteiger partial charge >= 0.3 is 0 Å². The third-order valence-electron chi connectivity index (χ3n) is 3.02. The molecule has 1 unspecified atom stereocenters. The smallest absolute Gasteiger partial charge is 0.124 e. The van der Waals surface area contributed by atoms with Crippen molar-refractivity contribution in [3.63, 3.8) is 0 Å². The summed E-state index contributed by atoms with van der Waals surface area (Å²) in [6.07, 6.45) is 1.94. The second-order valence-corrected chi connectivity index (χ2v) is 5.39. The number of ether oxygens (including phenoxy) is 1. The maximum Gasteiger partial charge on any atom is 0.124 e. The molecular weight excluding hydrogens is 238 g/mol. The minimum atomic E-state index is -0.0348. The van der Waals surface area contributed by atoms with Gasteiger partial charge in [-0.3, -0.25) is 0 Å². The van der Waals surface area contributed by atoms with Crippen molar-refractivity contribution in [2.75, 3.05) is 6.61 Å². The first-order chi connectivity index (χ1) is 9.10. The van der Waals surface area contributed by atoms with Crippen molar-refractivity contribution in [2.45, 2.75) is 39.7 Å². The highest BCUT2D eigenvalue weighted by molar-refractivity contribution is 5.76. The number of aromatic nitrogens is 2. The van der Waals surface area contributed by atoms with E-state index >= 15 is 0 Å². The van der Waals surface area contributed by atoms with Crippen LogP contribution in [0.5, 0.6) is 5.75 Å². The molecule has 2 rings (SSSR count). The molecule has 0 aliphatic rings. The first-order valence-electron chi connectivity index (χ1n) is 6.98. The highest BCUT2D eigenvalue weighted by Crippen LogP contribution is 2.23. The molecule has 4 heteroatoms. The number of fused-ring (bicyclic) bond motifs is 1. The zero-order valence-electron chi connectivity index (χ0n) is 11.9. The summed E-state index contributed by atoms with van der Waals surface area (Å²) < 4.78 is 5.62. The van der Waals surface area contributed by atoms with Crippen LogP contribution in [0, 0.1) is 5.92 Å². The van der Waals surface area contributed by atoms with E-state index in [9.17, 15) is 0 Å². The molecule has 0 aliphatic heterocycles. The minimum absolute atomic E-state index is 0.0348. The summed E-state index contributed by atoms with van der Waals surface area (Å²) in [5.41, 5.74) is 8.08. The highest BCUT2D eigenvalue weighted by atomic mass is 16.5. The Hall–Kier alpha value is -1.55. The van der Waals surface area contributed by atoms with Gasteiger partial charge in [0.05, 0.1) is 23.7 Å². The predicted molar refractivity (Wildman–Crippen MR) is 78.3 cm³/mol. The number of nitrogens with two attached hydrogens (primary N) is 1. The Kier molecular flexibility index (Phi) is 4.43. The van der Waals surface area contributed by atoms with E-state index in [2.05, 4.69) is 30.7 Å². The van der Waals surface area contributed by atoms with Crippen LogP contribution < -0.4 is 10.5 Å². The van der Waals surface area contributed by atoms with Crippen LogP contribution in [0.3, 0.4) is 0 Å². The van der Waals surface area contributed by atoms with E-state index in [-0.39, 0.29) is 6.04 Å². The lowest BCUT2D eigenvalue weighted by atomic mass is 10.0. The molecule has 0 saturated heterocycles. The first kappa shape index (κ1) is 13.9. The fraction of sp³-hybridized carbons (Fsp3) is 0.533.